The van der Waals surface area contributed by atoms with E-state index in [1.807, 2.05) is 0 Å². The minimum absolute atomic E-state index is 0.217. The molecule has 92 valence electrons. The van der Waals surface area contributed by atoms with E-state index in [1.54, 1.807) is 18.2 Å². The molecule has 1 rings (SSSR count). The van der Waals surface area contributed by atoms with Gasteiger partial charge in [-0.2, -0.15) is 0 Å². The van der Waals surface area contributed by atoms with Gasteiger partial charge in [0.1, 0.15) is 5.75 Å². The van der Waals surface area contributed by atoms with Crippen molar-refractivity contribution in [2.75, 3.05) is 13.7 Å². The Balaban J connectivity index is 2.86. The number of benzene rings is 1. The highest BCUT2D eigenvalue weighted by Gasteiger charge is 2.21. The van der Waals surface area contributed by atoms with E-state index in [2.05, 4.69) is 5.32 Å². The summed E-state index contributed by atoms with van der Waals surface area (Å²) < 4.78 is 4.97. The topological polar surface area (TPSA) is 95.9 Å². The van der Waals surface area contributed by atoms with E-state index in [4.69, 9.17) is 14.9 Å². The van der Waals surface area contributed by atoms with Gasteiger partial charge in [-0.05, 0) is 12.1 Å². The Morgan fingerprint density at radius 2 is 2.06 bits per heavy atom. The second-order valence-electron chi connectivity index (χ2n) is 3.25. The van der Waals surface area contributed by atoms with Gasteiger partial charge in [0.15, 0.2) is 6.04 Å². The van der Waals surface area contributed by atoms with Gasteiger partial charge in [0.05, 0.1) is 19.3 Å². The molecule has 0 aliphatic rings. The second kappa shape index (κ2) is 5.86. The zero-order chi connectivity index (χ0) is 12.8. The van der Waals surface area contributed by atoms with Crippen LogP contribution in [-0.4, -0.2) is 41.8 Å². The average molecular weight is 239 g/mol. The summed E-state index contributed by atoms with van der Waals surface area (Å²) in [6.07, 6.45) is 0. The molecule has 0 fully saturated rings. The van der Waals surface area contributed by atoms with Gasteiger partial charge >= 0.3 is 5.97 Å². The molecule has 0 aromatic heterocycles. The summed E-state index contributed by atoms with van der Waals surface area (Å²) >= 11 is 0. The molecule has 0 bridgehead atoms. The lowest BCUT2D eigenvalue weighted by Gasteiger charge is -2.13. The molecule has 0 heterocycles. The summed E-state index contributed by atoms with van der Waals surface area (Å²) in [5, 5.41) is 19.7. The van der Waals surface area contributed by atoms with Gasteiger partial charge in [-0.3, -0.25) is 4.79 Å². The van der Waals surface area contributed by atoms with Crippen LogP contribution < -0.4 is 10.1 Å². The molecule has 1 aromatic carbocycles. The fourth-order valence-corrected chi connectivity index (χ4v) is 1.25. The van der Waals surface area contributed by atoms with Crippen LogP contribution in [0.1, 0.15) is 10.4 Å². The Morgan fingerprint density at radius 3 is 2.59 bits per heavy atom. The van der Waals surface area contributed by atoms with Gasteiger partial charge in [0, 0.05) is 0 Å². The first-order valence-electron chi connectivity index (χ1n) is 4.87. The van der Waals surface area contributed by atoms with E-state index in [0.29, 0.717) is 5.75 Å². The van der Waals surface area contributed by atoms with E-state index >= 15 is 0 Å². The summed E-state index contributed by atoms with van der Waals surface area (Å²) in [6, 6.07) is 5.09. The quantitative estimate of drug-likeness (QED) is 0.665. The standard InChI is InChI=1S/C11H13NO5/c1-17-9-5-3-2-4-7(9)10(14)12-8(6-13)11(15)16/h2-5,8,13H,6H2,1H3,(H,12,14)(H,15,16)/t8-/m0/s1. The lowest BCUT2D eigenvalue weighted by Crippen LogP contribution is -2.43. The van der Waals surface area contributed by atoms with Crippen LogP contribution >= 0.6 is 0 Å². The van der Waals surface area contributed by atoms with E-state index in [1.165, 1.54) is 13.2 Å². The number of para-hydroxylation sites is 1. The molecule has 0 aliphatic carbocycles. The molecule has 0 spiro atoms. The van der Waals surface area contributed by atoms with Crippen molar-refractivity contribution < 1.29 is 24.5 Å². The zero-order valence-electron chi connectivity index (χ0n) is 9.21. The molecule has 1 amide bonds. The van der Waals surface area contributed by atoms with E-state index < -0.39 is 24.5 Å². The predicted molar refractivity (Wildman–Crippen MR) is 59.0 cm³/mol. The summed E-state index contributed by atoms with van der Waals surface area (Å²) in [4.78, 5) is 22.4. The van der Waals surface area contributed by atoms with Crippen LogP contribution in [0, 0.1) is 0 Å². The van der Waals surface area contributed by atoms with Crippen LogP contribution in [0.25, 0.3) is 0 Å². The molecule has 1 aromatic rings. The number of amides is 1. The fraction of sp³-hybridized carbons (Fsp3) is 0.273. The third-order valence-electron chi connectivity index (χ3n) is 2.14. The van der Waals surface area contributed by atoms with Crippen molar-refractivity contribution >= 4 is 11.9 Å². The Morgan fingerprint density at radius 1 is 1.41 bits per heavy atom. The second-order valence-corrected chi connectivity index (χ2v) is 3.25. The first kappa shape index (κ1) is 13.0. The van der Waals surface area contributed by atoms with Crippen LogP contribution in [0.15, 0.2) is 24.3 Å². The summed E-state index contributed by atoms with van der Waals surface area (Å²) in [6.45, 7) is -0.670. The molecule has 1 atom stereocenters. The molecule has 6 heteroatoms. The molecule has 0 saturated heterocycles. The first-order chi connectivity index (χ1) is 8.10. The van der Waals surface area contributed by atoms with Crippen molar-refractivity contribution in [2.45, 2.75) is 6.04 Å². The number of rotatable bonds is 5. The highest BCUT2D eigenvalue weighted by Crippen LogP contribution is 2.16. The van der Waals surface area contributed by atoms with Crippen LogP contribution in [0.5, 0.6) is 5.75 Å². The highest BCUT2D eigenvalue weighted by molar-refractivity contribution is 5.98. The summed E-state index contributed by atoms with van der Waals surface area (Å²) in [5.74, 6) is -1.56. The van der Waals surface area contributed by atoms with Crippen LogP contribution in [0.4, 0.5) is 0 Å². The van der Waals surface area contributed by atoms with Gasteiger partial charge in [-0.15, -0.1) is 0 Å². The fourth-order valence-electron chi connectivity index (χ4n) is 1.25. The lowest BCUT2D eigenvalue weighted by molar-refractivity contribution is -0.140. The SMILES string of the molecule is COc1ccccc1C(=O)N[C@@H](CO)C(=O)O. The maximum Gasteiger partial charge on any atom is 0.328 e. The molecule has 0 aliphatic heterocycles. The number of carboxylic acids is 1. The Labute approximate surface area is 97.8 Å². The lowest BCUT2D eigenvalue weighted by atomic mass is 10.1. The van der Waals surface area contributed by atoms with E-state index in [-0.39, 0.29) is 5.56 Å². The maximum absolute atomic E-state index is 11.7. The normalized spacial score (nSPS) is 11.6. The van der Waals surface area contributed by atoms with Crippen LogP contribution in [0.3, 0.4) is 0 Å². The van der Waals surface area contributed by atoms with Crippen LogP contribution in [-0.2, 0) is 4.79 Å². The van der Waals surface area contributed by atoms with E-state index in [0.717, 1.165) is 0 Å². The number of ether oxygens (including phenoxy) is 1. The summed E-state index contributed by atoms with van der Waals surface area (Å²) in [5.41, 5.74) is 0.217. The molecule has 17 heavy (non-hydrogen) atoms. The average Bonchev–Trinajstić information content (AvgIpc) is 2.35. The third kappa shape index (κ3) is 3.18. The molecule has 3 N–H and O–H groups in total. The Bertz CT molecular complexity index is 418. The maximum atomic E-state index is 11.7. The van der Waals surface area contributed by atoms with Crippen molar-refractivity contribution in [2.24, 2.45) is 0 Å². The summed E-state index contributed by atoms with van der Waals surface area (Å²) in [7, 11) is 1.41. The molecule has 0 radical (unpaired) electrons. The van der Waals surface area contributed by atoms with Crippen molar-refractivity contribution in [3.63, 3.8) is 0 Å². The number of hydrogen-bond donors (Lipinski definition) is 3. The first-order valence-corrected chi connectivity index (χ1v) is 4.87. The molecule has 6 nitrogen and oxygen atoms in total. The monoisotopic (exact) mass is 239 g/mol. The zero-order valence-corrected chi connectivity index (χ0v) is 9.21. The molecular weight excluding hydrogens is 226 g/mol. The van der Waals surface area contributed by atoms with Gasteiger partial charge in [0.2, 0.25) is 0 Å². The minimum atomic E-state index is -1.33. The van der Waals surface area contributed by atoms with Gasteiger partial charge in [0.25, 0.3) is 5.91 Å². The number of carbonyl (C=O) groups is 2. The van der Waals surface area contributed by atoms with Crippen molar-refractivity contribution in [1.29, 1.82) is 0 Å². The molecule has 0 saturated carbocycles. The number of aliphatic hydroxyl groups is 1. The largest absolute Gasteiger partial charge is 0.496 e. The Kier molecular flexibility index (Phi) is 4.47. The molecule has 0 unspecified atom stereocenters. The smallest absolute Gasteiger partial charge is 0.328 e. The minimum Gasteiger partial charge on any atom is -0.496 e. The number of carbonyl (C=O) groups excluding carboxylic acids is 1. The van der Waals surface area contributed by atoms with Gasteiger partial charge < -0.3 is 20.3 Å². The number of hydrogen-bond acceptors (Lipinski definition) is 4. The van der Waals surface area contributed by atoms with E-state index in [9.17, 15) is 9.59 Å². The van der Waals surface area contributed by atoms with Gasteiger partial charge in [-0.1, -0.05) is 12.1 Å². The number of nitrogens with one attached hydrogen (secondary N) is 1. The highest BCUT2D eigenvalue weighted by atomic mass is 16.5. The number of aliphatic carboxylic acids is 1. The number of aliphatic hydroxyl groups excluding tert-OH is 1. The number of methoxy groups -OCH3 is 1. The molecular formula is C11H13NO5. The van der Waals surface area contributed by atoms with Crippen molar-refractivity contribution in [3.8, 4) is 5.75 Å². The van der Waals surface area contributed by atoms with Gasteiger partial charge in [-0.25, -0.2) is 4.79 Å². The van der Waals surface area contributed by atoms with Crippen LogP contribution in [0.2, 0.25) is 0 Å². The van der Waals surface area contributed by atoms with Crippen molar-refractivity contribution in [3.05, 3.63) is 29.8 Å². The predicted octanol–water partition coefficient (Wildman–Crippen LogP) is -0.130. The Hall–Kier alpha value is -2.08. The number of carboxylic acid groups (broad SMARTS) is 1. The van der Waals surface area contributed by atoms with Crippen molar-refractivity contribution in [1.82, 2.24) is 5.32 Å². The third-order valence-corrected chi connectivity index (χ3v) is 2.14.